The van der Waals surface area contributed by atoms with Gasteiger partial charge in [0.15, 0.2) is 0 Å². The van der Waals surface area contributed by atoms with E-state index in [0.29, 0.717) is 42.2 Å². The van der Waals surface area contributed by atoms with Crippen LogP contribution in [0.15, 0.2) is 0 Å². The van der Waals surface area contributed by atoms with Crippen LogP contribution in [-0.4, -0.2) is 17.9 Å². The van der Waals surface area contributed by atoms with Crippen LogP contribution >= 0.6 is 0 Å². The van der Waals surface area contributed by atoms with Crippen molar-refractivity contribution in [3.8, 4) is 0 Å². The summed E-state index contributed by atoms with van der Waals surface area (Å²) in [6.07, 6.45) is 8.13. The van der Waals surface area contributed by atoms with E-state index in [2.05, 4.69) is 13.8 Å². The summed E-state index contributed by atoms with van der Waals surface area (Å²) < 4.78 is 0. The highest BCUT2D eigenvalue weighted by molar-refractivity contribution is 5.87. The second-order valence-electron chi connectivity index (χ2n) is 9.19. The third-order valence-electron chi connectivity index (χ3n) is 8.47. The van der Waals surface area contributed by atoms with Gasteiger partial charge in [0.05, 0.1) is 0 Å². The van der Waals surface area contributed by atoms with E-state index < -0.39 is 0 Å². The average Bonchev–Trinajstić information content (AvgIpc) is 2.83. The zero-order valence-electron chi connectivity index (χ0n) is 14.3. The van der Waals surface area contributed by atoms with Gasteiger partial charge in [-0.1, -0.05) is 13.8 Å². The molecule has 0 spiro atoms. The SMILES string of the molecule is C[C@]12CCC(=O)C[C@@H]1C(C=O)C[C@@H]1[C@@H]2CC[C@]2(C)C(=O)CC[C@@H]12. The zero-order chi connectivity index (χ0) is 16.4. The number of hydrogen-bond donors (Lipinski definition) is 0. The number of Topliss-reactive ketones (excluding diaryl/α,β-unsaturated/α-hetero) is 2. The number of ketones is 2. The molecule has 0 saturated heterocycles. The molecule has 0 N–H and O–H groups in total. The summed E-state index contributed by atoms with van der Waals surface area (Å²) in [6.45, 7) is 4.52. The van der Waals surface area contributed by atoms with Crippen LogP contribution in [0.1, 0.15) is 65.2 Å². The molecule has 4 aliphatic carbocycles. The number of carbonyl (C=O) groups is 3. The van der Waals surface area contributed by atoms with Crippen LogP contribution < -0.4 is 0 Å². The van der Waals surface area contributed by atoms with Crippen LogP contribution in [0.25, 0.3) is 0 Å². The van der Waals surface area contributed by atoms with Gasteiger partial charge in [0.2, 0.25) is 0 Å². The minimum atomic E-state index is -0.137. The van der Waals surface area contributed by atoms with Crippen molar-refractivity contribution in [2.45, 2.75) is 65.2 Å². The quantitative estimate of drug-likeness (QED) is 0.695. The first kappa shape index (κ1) is 15.5. The van der Waals surface area contributed by atoms with Crippen molar-refractivity contribution in [2.75, 3.05) is 0 Å². The first-order valence-electron chi connectivity index (χ1n) is 9.40. The molecule has 23 heavy (non-hydrogen) atoms. The van der Waals surface area contributed by atoms with Gasteiger partial charge in [0, 0.05) is 30.6 Å². The van der Waals surface area contributed by atoms with Crippen molar-refractivity contribution >= 4 is 17.9 Å². The Morgan fingerprint density at radius 2 is 1.78 bits per heavy atom. The predicted octanol–water partition coefficient (Wildman–Crippen LogP) is 3.59. The third kappa shape index (κ3) is 1.97. The lowest BCUT2D eigenvalue weighted by Crippen LogP contribution is -2.56. The molecule has 4 saturated carbocycles. The van der Waals surface area contributed by atoms with Gasteiger partial charge in [-0.05, 0) is 61.2 Å². The maximum atomic E-state index is 12.4. The van der Waals surface area contributed by atoms with Crippen molar-refractivity contribution < 1.29 is 14.4 Å². The van der Waals surface area contributed by atoms with E-state index in [4.69, 9.17) is 0 Å². The minimum absolute atomic E-state index is 0.0172. The summed E-state index contributed by atoms with van der Waals surface area (Å²) in [4.78, 5) is 36.2. The second kappa shape index (κ2) is 5.00. The Morgan fingerprint density at radius 3 is 2.52 bits per heavy atom. The zero-order valence-corrected chi connectivity index (χ0v) is 14.3. The Bertz CT molecular complexity index is 567. The van der Waals surface area contributed by atoms with E-state index in [1.807, 2.05) is 0 Å². The lowest BCUT2D eigenvalue weighted by Gasteiger charge is -2.60. The second-order valence-corrected chi connectivity index (χ2v) is 9.19. The van der Waals surface area contributed by atoms with E-state index in [9.17, 15) is 14.4 Å². The standard InChI is InChI=1S/C20H28O3/c1-19-7-5-13(22)10-17(19)12(11-21)9-14-15-3-4-18(23)20(15,2)8-6-16(14)19/h11-12,14-17H,3-10H2,1-2H3/t12?,14-,15-,16-,17+,19+,20-/m0/s1. The molecule has 0 aromatic rings. The van der Waals surface area contributed by atoms with E-state index >= 15 is 0 Å². The number of carbonyl (C=O) groups excluding carboxylic acids is 3. The van der Waals surface area contributed by atoms with Gasteiger partial charge in [-0.3, -0.25) is 9.59 Å². The molecule has 1 unspecified atom stereocenters. The van der Waals surface area contributed by atoms with Crippen LogP contribution in [-0.2, 0) is 14.4 Å². The molecule has 4 rings (SSSR count). The van der Waals surface area contributed by atoms with Gasteiger partial charge < -0.3 is 4.79 Å². The maximum Gasteiger partial charge on any atom is 0.139 e. The molecule has 126 valence electrons. The maximum absolute atomic E-state index is 12.4. The summed E-state index contributed by atoms with van der Waals surface area (Å²) in [7, 11) is 0. The molecule has 0 bridgehead atoms. The van der Waals surface area contributed by atoms with E-state index in [1.54, 1.807) is 0 Å². The van der Waals surface area contributed by atoms with E-state index in [1.165, 1.54) is 0 Å². The van der Waals surface area contributed by atoms with Crippen molar-refractivity contribution in [1.29, 1.82) is 0 Å². The molecule has 7 atom stereocenters. The topological polar surface area (TPSA) is 51.2 Å². The predicted molar refractivity (Wildman–Crippen MR) is 86.7 cm³/mol. The number of rotatable bonds is 1. The van der Waals surface area contributed by atoms with Crippen molar-refractivity contribution in [1.82, 2.24) is 0 Å². The monoisotopic (exact) mass is 316 g/mol. The highest BCUT2D eigenvalue weighted by atomic mass is 16.1. The Balaban J connectivity index is 1.72. The highest BCUT2D eigenvalue weighted by Gasteiger charge is 2.62. The first-order valence-corrected chi connectivity index (χ1v) is 9.40. The lowest BCUT2D eigenvalue weighted by molar-refractivity contribution is -0.155. The normalized spacial score (nSPS) is 52.5. The molecule has 0 aromatic carbocycles. The van der Waals surface area contributed by atoms with Gasteiger partial charge in [-0.15, -0.1) is 0 Å². The molecule has 4 aliphatic rings. The largest absolute Gasteiger partial charge is 0.303 e. The molecule has 0 aliphatic heterocycles. The minimum Gasteiger partial charge on any atom is -0.303 e. The van der Waals surface area contributed by atoms with Gasteiger partial charge in [0.25, 0.3) is 0 Å². The number of fused-ring (bicyclic) bond motifs is 5. The van der Waals surface area contributed by atoms with E-state index in [-0.39, 0.29) is 22.7 Å². The molecule has 4 fully saturated rings. The summed E-state index contributed by atoms with van der Waals surface area (Å²) >= 11 is 0. The Morgan fingerprint density at radius 1 is 1.00 bits per heavy atom. The fraction of sp³-hybridized carbons (Fsp3) is 0.850. The Kier molecular flexibility index (Phi) is 3.38. The molecule has 0 amide bonds. The fourth-order valence-electron chi connectivity index (χ4n) is 7.11. The van der Waals surface area contributed by atoms with Crippen LogP contribution in [0.4, 0.5) is 0 Å². The summed E-state index contributed by atoms with van der Waals surface area (Å²) in [5.41, 5.74) is -0.0162. The summed E-state index contributed by atoms with van der Waals surface area (Å²) in [5, 5.41) is 0. The molecule has 0 heterocycles. The van der Waals surface area contributed by atoms with Crippen LogP contribution in [0.5, 0.6) is 0 Å². The molecule has 0 radical (unpaired) electrons. The van der Waals surface area contributed by atoms with Crippen molar-refractivity contribution in [3.05, 3.63) is 0 Å². The number of hydrogen-bond acceptors (Lipinski definition) is 3. The molecule has 0 aromatic heterocycles. The Hall–Kier alpha value is -0.990. The van der Waals surface area contributed by atoms with Gasteiger partial charge in [-0.2, -0.15) is 0 Å². The summed E-state index contributed by atoms with van der Waals surface area (Å²) in [6, 6.07) is 0. The molecule has 3 heteroatoms. The van der Waals surface area contributed by atoms with Gasteiger partial charge in [0.1, 0.15) is 17.9 Å². The van der Waals surface area contributed by atoms with Crippen LogP contribution in [0.2, 0.25) is 0 Å². The smallest absolute Gasteiger partial charge is 0.139 e. The highest BCUT2D eigenvalue weighted by Crippen LogP contribution is 2.66. The average molecular weight is 316 g/mol. The van der Waals surface area contributed by atoms with Crippen molar-refractivity contribution in [2.24, 2.45) is 40.4 Å². The van der Waals surface area contributed by atoms with Crippen molar-refractivity contribution in [3.63, 3.8) is 0 Å². The molecular weight excluding hydrogens is 288 g/mol. The Labute approximate surface area is 138 Å². The fourth-order valence-corrected chi connectivity index (χ4v) is 7.11. The van der Waals surface area contributed by atoms with Gasteiger partial charge >= 0.3 is 0 Å². The molecular formula is C20H28O3. The van der Waals surface area contributed by atoms with E-state index in [0.717, 1.165) is 44.8 Å². The molecule has 3 nitrogen and oxygen atoms in total. The van der Waals surface area contributed by atoms with Gasteiger partial charge in [-0.25, -0.2) is 0 Å². The van der Waals surface area contributed by atoms with Crippen LogP contribution in [0, 0.1) is 40.4 Å². The van der Waals surface area contributed by atoms with Crippen LogP contribution in [0.3, 0.4) is 0 Å². The lowest BCUT2D eigenvalue weighted by atomic mass is 9.43. The summed E-state index contributed by atoms with van der Waals surface area (Å²) in [5.74, 6) is 2.62. The third-order valence-corrected chi connectivity index (χ3v) is 8.47. The number of aldehydes is 1. The first-order chi connectivity index (χ1) is 10.9.